The van der Waals surface area contributed by atoms with E-state index >= 15 is 0 Å². The summed E-state index contributed by atoms with van der Waals surface area (Å²) in [6.45, 7) is 9.57. The lowest BCUT2D eigenvalue weighted by Gasteiger charge is -2.20. The van der Waals surface area contributed by atoms with E-state index in [2.05, 4.69) is 41.0 Å². The van der Waals surface area contributed by atoms with Crippen molar-refractivity contribution in [3.63, 3.8) is 0 Å². The van der Waals surface area contributed by atoms with Crippen LogP contribution in [0.25, 0.3) is 23.1 Å². The lowest BCUT2D eigenvalue weighted by atomic mass is 10.1. The second kappa shape index (κ2) is 11.7. The zero-order valence-electron chi connectivity index (χ0n) is 19.3. The Morgan fingerprint density at radius 3 is 2.61 bits per heavy atom. The molecule has 0 bridgehead atoms. The monoisotopic (exact) mass is 467 g/mol. The van der Waals surface area contributed by atoms with E-state index in [0.29, 0.717) is 27.6 Å². The molecule has 0 saturated heterocycles. The highest BCUT2D eigenvalue weighted by molar-refractivity contribution is 6.32. The van der Waals surface area contributed by atoms with Crippen molar-refractivity contribution in [1.29, 1.82) is 0 Å². The Balaban J connectivity index is 1.88. The summed E-state index contributed by atoms with van der Waals surface area (Å²) in [6.07, 6.45) is 5.68. The van der Waals surface area contributed by atoms with Crippen LogP contribution in [0, 0.1) is 10.1 Å². The van der Waals surface area contributed by atoms with Gasteiger partial charge in [0.15, 0.2) is 5.82 Å². The van der Waals surface area contributed by atoms with Crippen LogP contribution in [0.1, 0.15) is 45.0 Å². The van der Waals surface area contributed by atoms with Gasteiger partial charge >= 0.3 is 0 Å². The zero-order chi connectivity index (χ0) is 23.8. The molecular formula is C25H30ClN5O2. The summed E-state index contributed by atoms with van der Waals surface area (Å²) in [4.78, 5) is 22.6. The first-order valence-electron chi connectivity index (χ1n) is 11.3. The summed E-state index contributed by atoms with van der Waals surface area (Å²) < 4.78 is 0. The molecule has 0 amide bonds. The Hall–Kier alpha value is -3.03. The van der Waals surface area contributed by atoms with E-state index in [0.717, 1.165) is 38.0 Å². The number of halogens is 1. The van der Waals surface area contributed by atoms with Gasteiger partial charge in [0.1, 0.15) is 5.82 Å². The summed E-state index contributed by atoms with van der Waals surface area (Å²) >= 11 is 6.25. The van der Waals surface area contributed by atoms with Crippen molar-refractivity contribution in [2.75, 3.05) is 25.0 Å². The van der Waals surface area contributed by atoms with Crippen molar-refractivity contribution in [2.24, 2.45) is 0 Å². The Labute approximate surface area is 199 Å². The minimum atomic E-state index is -0.401. The molecule has 0 radical (unpaired) electrons. The van der Waals surface area contributed by atoms with Crippen LogP contribution in [-0.4, -0.2) is 45.5 Å². The van der Waals surface area contributed by atoms with Crippen LogP contribution in [0.2, 0.25) is 5.02 Å². The van der Waals surface area contributed by atoms with Crippen LogP contribution < -0.4 is 5.32 Å². The van der Waals surface area contributed by atoms with Crippen LogP contribution in [0.5, 0.6) is 0 Å². The van der Waals surface area contributed by atoms with Gasteiger partial charge in [-0.1, -0.05) is 43.6 Å². The summed E-state index contributed by atoms with van der Waals surface area (Å²) in [7, 11) is 0. The number of aromatic nitrogens is 2. The highest BCUT2D eigenvalue weighted by Crippen LogP contribution is 2.27. The number of non-ortho nitro benzene ring substituents is 1. The molecule has 1 unspecified atom stereocenters. The van der Waals surface area contributed by atoms with E-state index < -0.39 is 4.92 Å². The first kappa shape index (κ1) is 24.6. The second-order valence-corrected chi connectivity index (χ2v) is 8.37. The quantitative estimate of drug-likeness (QED) is 0.263. The fraction of sp³-hybridized carbons (Fsp3) is 0.360. The predicted octanol–water partition coefficient (Wildman–Crippen LogP) is 6.28. The lowest BCUT2D eigenvalue weighted by Crippen LogP contribution is -2.25. The SMILES string of the molecule is CCN(CC)CCCC(C)Nc1nc(/C=C/c2ccccc2Cl)nc2ccc([N+](=O)[O-])cc12. The molecule has 0 fully saturated rings. The normalized spacial score (nSPS) is 12.5. The maximum atomic E-state index is 11.3. The van der Waals surface area contributed by atoms with Crippen LogP contribution in [0.15, 0.2) is 42.5 Å². The number of hydrogen-bond donors (Lipinski definition) is 1. The molecule has 0 aliphatic rings. The van der Waals surface area contributed by atoms with Gasteiger partial charge in [0.05, 0.1) is 10.4 Å². The van der Waals surface area contributed by atoms with E-state index in [1.165, 1.54) is 12.1 Å². The van der Waals surface area contributed by atoms with Crippen LogP contribution in [0.4, 0.5) is 11.5 Å². The van der Waals surface area contributed by atoms with E-state index in [1.807, 2.05) is 30.3 Å². The molecule has 0 saturated carbocycles. The van der Waals surface area contributed by atoms with Crippen LogP contribution >= 0.6 is 11.6 Å². The number of nitrogens with zero attached hydrogens (tertiary/aromatic N) is 4. The minimum Gasteiger partial charge on any atom is -0.367 e. The number of nitro groups is 1. The van der Waals surface area contributed by atoms with E-state index in [4.69, 9.17) is 11.6 Å². The average Bonchev–Trinajstić information content (AvgIpc) is 2.81. The molecule has 8 heteroatoms. The van der Waals surface area contributed by atoms with Crippen LogP contribution in [0.3, 0.4) is 0 Å². The molecule has 0 aliphatic carbocycles. The third-order valence-electron chi connectivity index (χ3n) is 5.61. The maximum absolute atomic E-state index is 11.3. The number of fused-ring (bicyclic) bond motifs is 1. The highest BCUT2D eigenvalue weighted by Gasteiger charge is 2.14. The Kier molecular flexibility index (Phi) is 8.74. The fourth-order valence-electron chi connectivity index (χ4n) is 3.67. The molecule has 3 aromatic rings. The Morgan fingerprint density at radius 1 is 1.15 bits per heavy atom. The van der Waals surface area contributed by atoms with Crippen molar-refractivity contribution >= 4 is 46.2 Å². The standard InChI is InChI=1S/C25H30ClN5O2/c1-4-30(5-2)16-8-9-18(3)27-25-21-17-20(31(32)33)13-14-23(21)28-24(29-25)15-12-19-10-6-7-11-22(19)26/h6-7,10-15,17-18H,4-5,8-9,16H2,1-3H3,(H,27,28,29)/b15-12+. The van der Waals surface area contributed by atoms with Gasteiger partial charge in [0, 0.05) is 28.6 Å². The van der Waals surface area contributed by atoms with E-state index in [9.17, 15) is 10.1 Å². The number of nitrogens with one attached hydrogen (secondary N) is 1. The number of nitro benzene ring substituents is 1. The molecule has 33 heavy (non-hydrogen) atoms. The molecule has 1 aromatic heterocycles. The van der Waals surface area contributed by atoms with Crippen molar-refractivity contribution in [1.82, 2.24) is 14.9 Å². The van der Waals surface area contributed by atoms with Gasteiger partial charge < -0.3 is 10.2 Å². The highest BCUT2D eigenvalue weighted by atomic mass is 35.5. The molecule has 2 aromatic carbocycles. The fourth-order valence-corrected chi connectivity index (χ4v) is 3.87. The topological polar surface area (TPSA) is 84.2 Å². The second-order valence-electron chi connectivity index (χ2n) is 7.96. The first-order valence-corrected chi connectivity index (χ1v) is 11.7. The Morgan fingerprint density at radius 2 is 1.91 bits per heavy atom. The third kappa shape index (κ3) is 6.73. The van der Waals surface area contributed by atoms with E-state index in [-0.39, 0.29) is 11.7 Å². The molecule has 0 spiro atoms. The lowest BCUT2D eigenvalue weighted by molar-refractivity contribution is -0.384. The van der Waals surface area contributed by atoms with Crippen molar-refractivity contribution in [3.05, 3.63) is 69.0 Å². The number of anilines is 1. The van der Waals surface area contributed by atoms with Gasteiger partial charge in [0.2, 0.25) is 0 Å². The molecule has 0 aliphatic heterocycles. The molecule has 174 valence electrons. The number of hydrogen-bond acceptors (Lipinski definition) is 6. The van der Waals surface area contributed by atoms with Crippen LogP contribution in [-0.2, 0) is 0 Å². The smallest absolute Gasteiger partial charge is 0.270 e. The summed E-state index contributed by atoms with van der Waals surface area (Å²) in [5.74, 6) is 1.10. The summed E-state index contributed by atoms with van der Waals surface area (Å²) in [5.41, 5.74) is 1.53. The number of benzene rings is 2. The van der Waals surface area contributed by atoms with Gasteiger partial charge in [-0.3, -0.25) is 10.1 Å². The van der Waals surface area contributed by atoms with Gasteiger partial charge in [0.25, 0.3) is 5.69 Å². The molecule has 7 nitrogen and oxygen atoms in total. The van der Waals surface area contributed by atoms with E-state index in [1.54, 1.807) is 12.1 Å². The van der Waals surface area contributed by atoms with Crippen molar-refractivity contribution in [3.8, 4) is 0 Å². The third-order valence-corrected chi connectivity index (χ3v) is 5.96. The van der Waals surface area contributed by atoms with Gasteiger partial charge in [-0.15, -0.1) is 0 Å². The van der Waals surface area contributed by atoms with Gasteiger partial charge in [-0.05, 0) is 69.2 Å². The largest absolute Gasteiger partial charge is 0.367 e. The van der Waals surface area contributed by atoms with Crippen molar-refractivity contribution in [2.45, 2.75) is 39.7 Å². The predicted molar refractivity (Wildman–Crippen MR) is 137 cm³/mol. The van der Waals surface area contributed by atoms with Crippen molar-refractivity contribution < 1.29 is 4.92 Å². The van der Waals surface area contributed by atoms with Gasteiger partial charge in [-0.2, -0.15) is 0 Å². The van der Waals surface area contributed by atoms with Gasteiger partial charge in [-0.25, -0.2) is 9.97 Å². The Bertz CT molecular complexity index is 1130. The average molecular weight is 468 g/mol. The molecular weight excluding hydrogens is 438 g/mol. The first-order chi connectivity index (χ1) is 15.9. The minimum absolute atomic E-state index is 0.0164. The molecule has 3 rings (SSSR count). The molecule has 1 heterocycles. The number of rotatable bonds is 11. The molecule has 1 atom stereocenters. The summed E-state index contributed by atoms with van der Waals surface area (Å²) in [6, 6.07) is 12.4. The maximum Gasteiger partial charge on any atom is 0.270 e. The molecule has 1 N–H and O–H groups in total. The summed E-state index contributed by atoms with van der Waals surface area (Å²) in [5, 5.41) is 16.1. The zero-order valence-corrected chi connectivity index (χ0v) is 20.0.